The monoisotopic (exact) mass is 257 g/mol. The molecule has 6 heteroatoms. The van der Waals surface area contributed by atoms with E-state index in [1.165, 1.54) is 6.20 Å². The van der Waals surface area contributed by atoms with Gasteiger partial charge in [0, 0.05) is 21.2 Å². The summed E-state index contributed by atoms with van der Waals surface area (Å²) in [4.78, 5) is 0. The van der Waals surface area contributed by atoms with Crippen LogP contribution in [0.15, 0.2) is 24.4 Å². The molecule has 0 aliphatic rings. The van der Waals surface area contributed by atoms with Crippen LogP contribution in [0.3, 0.4) is 0 Å². The number of nitrogen functional groups attached to an aromatic ring is 1. The Morgan fingerprint density at radius 2 is 2.06 bits per heavy atom. The molecule has 16 heavy (non-hydrogen) atoms. The van der Waals surface area contributed by atoms with Gasteiger partial charge in [0.05, 0.1) is 6.20 Å². The summed E-state index contributed by atoms with van der Waals surface area (Å²) in [6, 6.07) is 4.87. The van der Waals surface area contributed by atoms with Gasteiger partial charge in [-0.2, -0.15) is 5.10 Å². The Hall–Kier alpha value is -1.23. The van der Waals surface area contributed by atoms with Crippen molar-refractivity contribution in [2.24, 2.45) is 0 Å². The van der Waals surface area contributed by atoms with Gasteiger partial charge < -0.3 is 10.8 Å². The van der Waals surface area contributed by atoms with Crippen molar-refractivity contribution in [1.29, 1.82) is 0 Å². The summed E-state index contributed by atoms with van der Waals surface area (Å²) < 4.78 is 0. The van der Waals surface area contributed by atoms with E-state index >= 15 is 0 Å². The normalized spacial score (nSPS) is 12.7. The molecule has 0 spiro atoms. The molecule has 0 saturated carbocycles. The molecule has 1 heterocycles. The summed E-state index contributed by atoms with van der Waals surface area (Å²) in [5.74, 6) is 0.309. The summed E-state index contributed by atoms with van der Waals surface area (Å²) in [7, 11) is 0. The topological polar surface area (TPSA) is 74.9 Å². The van der Waals surface area contributed by atoms with E-state index in [0.29, 0.717) is 27.0 Å². The first-order valence-electron chi connectivity index (χ1n) is 4.51. The molecule has 0 aliphatic heterocycles. The third-order valence-electron chi connectivity index (χ3n) is 2.25. The molecule has 0 fully saturated rings. The molecule has 0 saturated heterocycles. The largest absolute Gasteiger partial charge is 0.384 e. The van der Waals surface area contributed by atoms with Crippen molar-refractivity contribution in [3.8, 4) is 0 Å². The second kappa shape index (κ2) is 4.33. The molecule has 1 aromatic carbocycles. The molecule has 0 amide bonds. The van der Waals surface area contributed by atoms with Crippen LogP contribution in [-0.4, -0.2) is 15.3 Å². The van der Waals surface area contributed by atoms with Crippen LogP contribution in [0.5, 0.6) is 0 Å². The average Bonchev–Trinajstić information content (AvgIpc) is 2.67. The number of nitrogens with two attached hydrogens (primary N) is 1. The molecule has 1 aromatic heterocycles. The minimum atomic E-state index is -0.940. The van der Waals surface area contributed by atoms with Crippen molar-refractivity contribution in [3.63, 3.8) is 0 Å². The fourth-order valence-electron chi connectivity index (χ4n) is 1.42. The molecule has 0 bridgehead atoms. The lowest BCUT2D eigenvalue weighted by Crippen LogP contribution is -2.02. The number of H-pyrrole nitrogens is 1. The number of aromatic nitrogens is 2. The molecule has 1 atom stereocenters. The number of aromatic amines is 1. The molecule has 4 nitrogen and oxygen atoms in total. The highest BCUT2D eigenvalue weighted by molar-refractivity contribution is 6.33. The zero-order valence-corrected chi connectivity index (χ0v) is 9.63. The number of hydrogen-bond acceptors (Lipinski definition) is 3. The minimum Gasteiger partial charge on any atom is -0.384 e. The van der Waals surface area contributed by atoms with Crippen molar-refractivity contribution in [3.05, 3.63) is 45.6 Å². The van der Waals surface area contributed by atoms with Crippen LogP contribution in [0.2, 0.25) is 10.0 Å². The van der Waals surface area contributed by atoms with Crippen molar-refractivity contribution < 1.29 is 5.11 Å². The van der Waals surface area contributed by atoms with E-state index in [-0.39, 0.29) is 0 Å². The predicted octanol–water partition coefficient (Wildman–Crippen LogP) is 2.38. The number of rotatable bonds is 2. The van der Waals surface area contributed by atoms with Gasteiger partial charge in [-0.05, 0) is 18.2 Å². The van der Waals surface area contributed by atoms with Crippen molar-refractivity contribution in [2.45, 2.75) is 6.10 Å². The Morgan fingerprint density at radius 3 is 2.69 bits per heavy atom. The van der Waals surface area contributed by atoms with Crippen LogP contribution in [0.25, 0.3) is 0 Å². The van der Waals surface area contributed by atoms with E-state index in [9.17, 15) is 5.11 Å². The number of hydrogen-bond donors (Lipinski definition) is 3. The lowest BCUT2D eigenvalue weighted by atomic mass is 10.0. The number of aliphatic hydroxyl groups is 1. The van der Waals surface area contributed by atoms with Crippen LogP contribution in [0.1, 0.15) is 17.2 Å². The van der Waals surface area contributed by atoms with Gasteiger partial charge in [-0.25, -0.2) is 0 Å². The molecule has 2 aromatic rings. The zero-order valence-electron chi connectivity index (χ0n) is 8.11. The van der Waals surface area contributed by atoms with E-state index in [1.54, 1.807) is 18.2 Å². The van der Waals surface area contributed by atoms with E-state index in [1.807, 2.05) is 0 Å². The smallest absolute Gasteiger partial charge is 0.125 e. The van der Waals surface area contributed by atoms with Gasteiger partial charge in [-0.1, -0.05) is 23.2 Å². The SMILES string of the molecule is Nc1[nH]ncc1C(O)c1cc(Cl)ccc1Cl. The number of nitrogens with zero attached hydrogens (tertiary/aromatic N) is 1. The first-order chi connectivity index (χ1) is 7.59. The molecule has 84 valence electrons. The summed E-state index contributed by atoms with van der Waals surface area (Å²) in [5, 5.41) is 17.3. The molecular formula is C10H9Cl2N3O. The quantitative estimate of drug-likeness (QED) is 0.774. The average molecular weight is 258 g/mol. The fraction of sp³-hybridized carbons (Fsp3) is 0.100. The van der Waals surface area contributed by atoms with Crippen molar-refractivity contribution >= 4 is 29.0 Å². The maximum absolute atomic E-state index is 10.1. The summed E-state index contributed by atoms with van der Waals surface area (Å²) >= 11 is 11.8. The summed E-state index contributed by atoms with van der Waals surface area (Å²) in [5.41, 5.74) is 6.59. The number of anilines is 1. The highest BCUT2D eigenvalue weighted by atomic mass is 35.5. The van der Waals surface area contributed by atoms with E-state index in [0.717, 1.165) is 0 Å². The van der Waals surface area contributed by atoms with E-state index in [4.69, 9.17) is 28.9 Å². The Kier molecular flexibility index (Phi) is 3.05. The number of nitrogens with one attached hydrogen (secondary N) is 1. The number of benzene rings is 1. The van der Waals surface area contributed by atoms with E-state index < -0.39 is 6.10 Å². The van der Waals surface area contributed by atoms with Crippen LogP contribution in [-0.2, 0) is 0 Å². The number of halogens is 2. The highest BCUT2D eigenvalue weighted by Crippen LogP contribution is 2.31. The second-order valence-electron chi connectivity index (χ2n) is 3.31. The lowest BCUT2D eigenvalue weighted by Gasteiger charge is -2.12. The zero-order chi connectivity index (χ0) is 11.7. The van der Waals surface area contributed by atoms with Gasteiger partial charge in [0.25, 0.3) is 0 Å². The third kappa shape index (κ3) is 2.00. The summed E-state index contributed by atoms with van der Waals surface area (Å²) in [6.07, 6.45) is 0.516. The Morgan fingerprint density at radius 1 is 1.31 bits per heavy atom. The van der Waals surface area contributed by atoms with E-state index in [2.05, 4.69) is 10.2 Å². The minimum absolute atomic E-state index is 0.309. The van der Waals surface area contributed by atoms with Crippen molar-refractivity contribution in [1.82, 2.24) is 10.2 Å². The maximum Gasteiger partial charge on any atom is 0.125 e. The van der Waals surface area contributed by atoms with Crippen LogP contribution in [0.4, 0.5) is 5.82 Å². The van der Waals surface area contributed by atoms with Crippen LogP contribution in [0, 0.1) is 0 Å². The molecular weight excluding hydrogens is 249 g/mol. The molecule has 1 unspecified atom stereocenters. The standard InChI is InChI=1S/C10H9Cl2N3O/c11-5-1-2-8(12)6(3-5)9(16)7-4-14-15-10(7)13/h1-4,9,16H,(H3,13,14,15). The second-order valence-corrected chi connectivity index (χ2v) is 4.15. The van der Waals surface area contributed by atoms with Gasteiger partial charge in [0.1, 0.15) is 11.9 Å². The first-order valence-corrected chi connectivity index (χ1v) is 5.27. The van der Waals surface area contributed by atoms with Gasteiger partial charge in [0.2, 0.25) is 0 Å². The van der Waals surface area contributed by atoms with Gasteiger partial charge in [-0.3, -0.25) is 5.10 Å². The molecule has 4 N–H and O–H groups in total. The molecule has 0 radical (unpaired) electrons. The van der Waals surface area contributed by atoms with Crippen LogP contribution < -0.4 is 5.73 Å². The molecule has 0 aliphatic carbocycles. The van der Waals surface area contributed by atoms with Crippen LogP contribution >= 0.6 is 23.2 Å². The first kappa shape index (κ1) is 11.3. The van der Waals surface area contributed by atoms with Gasteiger partial charge >= 0.3 is 0 Å². The fourth-order valence-corrected chi connectivity index (χ4v) is 1.82. The Bertz CT molecular complexity index is 513. The number of aliphatic hydroxyl groups excluding tert-OH is 1. The van der Waals surface area contributed by atoms with Crippen molar-refractivity contribution in [2.75, 3.05) is 5.73 Å². The summed E-state index contributed by atoms with van der Waals surface area (Å²) in [6.45, 7) is 0. The van der Waals surface area contributed by atoms with Gasteiger partial charge in [0.15, 0.2) is 0 Å². The predicted molar refractivity (Wildman–Crippen MR) is 63.5 cm³/mol. The maximum atomic E-state index is 10.1. The third-order valence-corrected chi connectivity index (χ3v) is 2.83. The molecule has 2 rings (SSSR count). The highest BCUT2D eigenvalue weighted by Gasteiger charge is 2.18. The van der Waals surface area contributed by atoms with Gasteiger partial charge in [-0.15, -0.1) is 0 Å². The Balaban J connectivity index is 2.45. The Labute approximate surface area is 102 Å². The lowest BCUT2D eigenvalue weighted by molar-refractivity contribution is 0.221.